The molecule has 136 valence electrons. The number of aromatic nitrogens is 3. The van der Waals surface area contributed by atoms with E-state index >= 15 is 0 Å². The number of nitrogens with zero attached hydrogens (tertiary/aromatic N) is 5. The van der Waals surface area contributed by atoms with Gasteiger partial charge in [0.1, 0.15) is 0 Å². The maximum atomic E-state index is 13.1. The fourth-order valence-corrected chi connectivity index (χ4v) is 3.84. The summed E-state index contributed by atoms with van der Waals surface area (Å²) in [7, 11) is 3.60. The third kappa shape index (κ3) is 2.99. The number of imidazole rings is 1. The van der Waals surface area contributed by atoms with E-state index in [2.05, 4.69) is 14.9 Å². The molecular formula is C19H23N5O2. The molecule has 0 saturated carbocycles. The van der Waals surface area contributed by atoms with Crippen LogP contribution >= 0.6 is 0 Å². The van der Waals surface area contributed by atoms with Crippen molar-refractivity contribution in [3.63, 3.8) is 0 Å². The maximum Gasteiger partial charge on any atom is 0.233 e. The number of hydrogen-bond acceptors (Lipinski definition) is 5. The van der Waals surface area contributed by atoms with Gasteiger partial charge in [-0.1, -0.05) is 18.2 Å². The van der Waals surface area contributed by atoms with Crippen molar-refractivity contribution in [2.75, 3.05) is 26.7 Å². The fraction of sp³-hybridized carbons (Fsp3) is 0.421. The Morgan fingerprint density at radius 3 is 2.88 bits per heavy atom. The first-order valence-electron chi connectivity index (χ1n) is 8.81. The summed E-state index contributed by atoms with van der Waals surface area (Å²) in [5, 5.41) is 0. The molecular weight excluding hydrogens is 330 g/mol. The van der Waals surface area contributed by atoms with Crippen LogP contribution in [0.4, 0.5) is 0 Å². The molecule has 0 aromatic carbocycles. The predicted molar refractivity (Wildman–Crippen MR) is 96.6 cm³/mol. The number of pyridine rings is 1. The number of amides is 1. The topological polar surface area (TPSA) is 63.5 Å². The van der Waals surface area contributed by atoms with Crippen molar-refractivity contribution in [1.29, 1.82) is 0 Å². The van der Waals surface area contributed by atoms with E-state index in [-0.39, 0.29) is 11.8 Å². The lowest BCUT2D eigenvalue weighted by atomic mass is 9.96. The summed E-state index contributed by atoms with van der Waals surface area (Å²) in [6, 6.07) is 3.92. The number of methoxy groups -OCH3 is 1. The molecule has 0 N–H and O–H groups in total. The number of carbonyl (C=O) groups excluding carboxylic acids is 1. The van der Waals surface area contributed by atoms with Gasteiger partial charge in [-0.3, -0.25) is 9.69 Å². The molecule has 2 aliphatic heterocycles. The zero-order valence-corrected chi connectivity index (χ0v) is 15.1. The van der Waals surface area contributed by atoms with Crippen molar-refractivity contribution in [1.82, 2.24) is 24.3 Å². The van der Waals surface area contributed by atoms with Crippen molar-refractivity contribution >= 4 is 5.91 Å². The van der Waals surface area contributed by atoms with E-state index in [9.17, 15) is 4.79 Å². The van der Waals surface area contributed by atoms with Crippen LogP contribution in [0.3, 0.4) is 0 Å². The van der Waals surface area contributed by atoms with Crippen LogP contribution in [0.15, 0.2) is 36.8 Å². The monoisotopic (exact) mass is 353 g/mol. The van der Waals surface area contributed by atoms with Gasteiger partial charge in [0.05, 0.1) is 30.7 Å². The number of rotatable bonds is 4. The minimum absolute atomic E-state index is 0.169. The van der Waals surface area contributed by atoms with E-state index in [1.165, 1.54) is 0 Å². The molecule has 1 atom stereocenters. The molecule has 0 radical (unpaired) electrons. The summed E-state index contributed by atoms with van der Waals surface area (Å²) >= 11 is 0. The maximum absolute atomic E-state index is 13.1. The van der Waals surface area contributed by atoms with Crippen LogP contribution in [0, 0.1) is 0 Å². The molecule has 1 amide bonds. The third-order valence-electron chi connectivity index (χ3n) is 5.07. The van der Waals surface area contributed by atoms with Gasteiger partial charge < -0.3 is 14.2 Å². The van der Waals surface area contributed by atoms with Crippen LogP contribution in [-0.4, -0.2) is 57.0 Å². The smallest absolute Gasteiger partial charge is 0.233 e. The van der Waals surface area contributed by atoms with Crippen molar-refractivity contribution in [3.05, 3.63) is 53.8 Å². The van der Waals surface area contributed by atoms with Gasteiger partial charge in [0.15, 0.2) is 0 Å². The van der Waals surface area contributed by atoms with Crippen LogP contribution in [-0.2, 0) is 24.9 Å². The van der Waals surface area contributed by atoms with Gasteiger partial charge in [-0.25, -0.2) is 9.97 Å². The molecule has 0 saturated heterocycles. The fourth-order valence-electron chi connectivity index (χ4n) is 3.84. The summed E-state index contributed by atoms with van der Waals surface area (Å²) in [4.78, 5) is 26.1. The van der Waals surface area contributed by atoms with Gasteiger partial charge in [-0.15, -0.1) is 0 Å². The quantitative estimate of drug-likeness (QED) is 0.776. The van der Waals surface area contributed by atoms with Crippen LogP contribution in [0.25, 0.3) is 0 Å². The average Bonchev–Trinajstić information content (AvgIpc) is 3.31. The van der Waals surface area contributed by atoms with E-state index in [0.717, 1.165) is 23.5 Å². The molecule has 0 bridgehead atoms. The second-order valence-electron chi connectivity index (χ2n) is 6.80. The largest absolute Gasteiger partial charge is 0.481 e. The molecule has 7 heteroatoms. The Hall–Kier alpha value is -2.67. The minimum atomic E-state index is -0.200. The van der Waals surface area contributed by atoms with Gasteiger partial charge in [0.2, 0.25) is 11.8 Å². The first-order valence-corrected chi connectivity index (χ1v) is 8.81. The lowest BCUT2D eigenvalue weighted by molar-refractivity contribution is -0.132. The number of carbonyl (C=O) groups is 1. The second kappa shape index (κ2) is 6.92. The molecule has 1 unspecified atom stereocenters. The van der Waals surface area contributed by atoms with E-state index in [0.29, 0.717) is 32.1 Å². The average molecular weight is 353 g/mol. The Balaban J connectivity index is 1.60. The van der Waals surface area contributed by atoms with Crippen molar-refractivity contribution in [2.45, 2.75) is 19.0 Å². The van der Waals surface area contributed by atoms with Gasteiger partial charge in [0, 0.05) is 51.5 Å². The van der Waals surface area contributed by atoms with Crippen LogP contribution in [0.1, 0.15) is 22.9 Å². The van der Waals surface area contributed by atoms with E-state index in [1.807, 2.05) is 40.8 Å². The molecule has 0 aliphatic carbocycles. The van der Waals surface area contributed by atoms with E-state index in [4.69, 9.17) is 4.74 Å². The molecule has 26 heavy (non-hydrogen) atoms. The summed E-state index contributed by atoms with van der Waals surface area (Å²) < 4.78 is 7.36. The normalized spacial score (nSPS) is 19.6. The summed E-state index contributed by atoms with van der Waals surface area (Å²) in [5.41, 5.74) is 3.03. The first-order chi connectivity index (χ1) is 12.7. The molecule has 0 spiro atoms. The van der Waals surface area contributed by atoms with Crippen LogP contribution in [0.5, 0.6) is 5.88 Å². The van der Waals surface area contributed by atoms with Crippen molar-refractivity contribution in [2.24, 2.45) is 7.05 Å². The zero-order valence-electron chi connectivity index (χ0n) is 15.1. The van der Waals surface area contributed by atoms with E-state index in [1.54, 1.807) is 19.6 Å². The zero-order chi connectivity index (χ0) is 18.1. The molecule has 2 aromatic rings. The van der Waals surface area contributed by atoms with Gasteiger partial charge >= 0.3 is 0 Å². The lowest BCUT2D eigenvalue weighted by Crippen LogP contribution is -2.43. The summed E-state index contributed by atoms with van der Waals surface area (Å²) in [6.45, 7) is 3.45. The molecule has 4 heterocycles. The predicted octanol–water partition coefficient (Wildman–Crippen LogP) is 1.32. The van der Waals surface area contributed by atoms with Crippen molar-refractivity contribution < 1.29 is 9.53 Å². The SMILES string of the molecule is COc1ncccc1CN1Cc2ncn(C)c2C(C(=O)N2CC=CC2)C1. The first kappa shape index (κ1) is 16.8. The second-order valence-corrected chi connectivity index (χ2v) is 6.80. The standard InChI is InChI=1S/C19H23N5O2/c1-22-13-21-16-12-23(10-14-6-5-7-20-18(14)26-2)11-15(17(16)22)19(25)24-8-3-4-9-24/h3-7,13,15H,8-12H2,1-2H3. The molecule has 7 nitrogen and oxygen atoms in total. The number of aryl methyl sites for hydroxylation is 1. The Kier molecular flexibility index (Phi) is 4.46. The summed E-state index contributed by atoms with van der Waals surface area (Å²) in [5.74, 6) is 0.599. The molecule has 4 rings (SSSR count). The number of fused-ring (bicyclic) bond motifs is 1. The minimum Gasteiger partial charge on any atom is -0.481 e. The third-order valence-corrected chi connectivity index (χ3v) is 5.07. The summed E-state index contributed by atoms with van der Waals surface area (Å²) in [6.07, 6.45) is 7.62. The lowest BCUT2D eigenvalue weighted by Gasteiger charge is -2.34. The van der Waals surface area contributed by atoms with Gasteiger partial charge in [0.25, 0.3) is 0 Å². The highest BCUT2D eigenvalue weighted by atomic mass is 16.5. The van der Waals surface area contributed by atoms with Crippen LogP contribution in [0.2, 0.25) is 0 Å². The Bertz CT molecular complexity index is 836. The Morgan fingerprint density at radius 2 is 2.12 bits per heavy atom. The molecule has 0 fully saturated rings. The highest BCUT2D eigenvalue weighted by Crippen LogP contribution is 2.31. The molecule has 2 aromatic heterocycles. The highest BCUT2D eigenvalue weighted by molar-refractivity contribution is 5.84. The molecule has 2 aliphatic rings. The van der Waals surface area contributed by atoms with Gasteiger partial charge in [-0.05, 0) is 6.07 Å². The van der Waals surface area contributed by atoms with Crippen molar-refractivity contribution in [3.8, 4) is 5.88 Å². The number of hydrogen-bond donors (Lipinski definition) is 0. The number of ether oxygens (including phenoxy) is 1. The van der Waals surface area contributed by atoms with E-state index < -0.39 is 0 Å². The van der Waals surface area contributed by atoms with Gasteiger partial charge in [-0.2, -0.15) is 0 Å². The highest BCUT2D eigenvalue weighted by Gasteiger charge is 2.36. The Labute approximate surface area is 152 Å². The van der Waals surface area contributed by atoms with Crippen LogP contribution < -0.4 is 4.74 Å². The Morgan fingerprint density at radius 1 is 1.31 bits per heavy atom.